The minimum atomic E-state index is -0.230. The van der Waals surface area contributed by atoms with Gasteiger partial charge in [0.25, 0.3) is 0 Å². The summed E-state index contributed by atoms with van der Waals surface area (Å²) in [6.07, 6.45) is 10.2. The van der Waals surface area contributed by atoms with Crippen LogP contribution < -0.4 is 0 Å². The van der Waals surface area contributed by atoms with Gasteiger partial charge >= 0.3 is 0 Å². The molecule has 0 aromatic carbocycles. The Balaban J connectivity index is 1.59. The average Bonchev–Trinajstić information content (AvgIpc) is 3.01. The van der Waals surface area contributed by atoms with Crippen molar-refractivity contribution in [2.75, 3.05) is 0 Å². The highest BCUT2D eigenvalue weighted by molar-refractivity contribution is 5.75. The normalized spacial score (nSPS) is 52.9. The van der Waals surface area contributed by atoms with Crippen molar-refractivity contribution in [2.24, 2.45) is 45.8 Å². The van der Waals surface area contributed by atoms with Crippen molar-refractivity contribution in [3.8, 4) is 0 Å². The third kappa shape index (κ3) is 3.16. The molecular formula is C26H44O3. The van der Waals surface area contributed by atoms with Gasteiger partial charge in [0.2, 0.25) is 0 Å². The summed E-state index contributed by atoms with van der Waals surface area (Å²) in [5.74, 6) is 3.27. The largest absolute Gasteiger partial charge is 0.393 e. The molecule has 0 aliphatic heterocycles. The van der Waals surface area contributed by atoms with E-state index in [1.54, 1.807) is 6.92 Å². The standard InChI is InChI=1S/C26H44O3/c1-16(6-7-17(2)27)20-8-9-21-19-11-12-24(3)15-18(28)10-13-25(24,4)22(19)14-23(29)26(20,21)5/h16,18-23,28-29H,6-15H2,1-5H3/t16?,18-,19?,20-,21?,22?,23+,24-,25-,26-/m1/s1. The lowest BCUT2D eigenvalue weighted by atomic mass is 9.39. The quantitative estimate of drug-likeness (QED) is 0.662. The lowest BCUT2D eigenvalue weighted by molar-refractivity contribution is -0.201. The summed E-state index contributed by atoms with van der Waals surface area (Å²) >= 11 is 0. The summed E-state index contributed by atoms with van der Waals surface area (Å²) in [6, 6.07) is 0. The van der Waals surface area contributed by atoms with Crippen LogP contribution in [0.4, 0.5) is 0 Å². The van der Waals surface area contributed by atoms with Crippen LogP contribution in [0.2, 0.25) is 0 Å². The van der Waals surface area contributed by atoms with E-state index in [2.05, 4.69) is 27.7 Å². The van der Waals surface area contributed by atoms with Gasteiger partial charge in [0.15, 0.2) is 0 Å². The van der Waals surface area contributed by atoms with Crippen molar-refractivity contribution in [3.63, 3.8) is 0 Å². The van der Waals surface area contributed by atoms with E-state index >= 15 is 0 Å². The van der Waals surface area contributed by atoms with Gasteiger partial charge in [-0.2, -0.15) is 0 Å². The Morgan fingerprint density at radius 2 is 1.76 bits per heavy atom. The third-order valence-electron chi connectivity index (χ3n) is 11.2. The van der Waals surface area contributed by atoms with Crippen LogP contribution in [0.5, 0.6) is 0 Å². The molecule has 4 saturated carbocycles. The van der Waals surface area contributed by atoms with Crippen LogP contribution in [-0.4, -0.2) is 28.2 Å². The Bertz CT molecular complexity index is 646. The first-order valence-electron chi connectivity index (χ1n) is 12.4. The zero-order valence-electron chi connectivity index (χ0n) is 19.4. The van der Waals surface area contributed by atoms with Crippen molar-refractivity contribution in [1.82, 2.24) is 0 Å². The summed E-state index contributed by atoms with van der Waals surface area (Å²) in [7, 11) is 0. The molecule has 4 aliphatic rings. The predicted molar refractivity (Wildman–Crippen MR) is 116 cm³/mol. The molecule has 10 atom stereocenters. The van der Waals surface area contributed by atoms with E-state index in [4.69, 9.17) is 0 Å². The van der Waals surface area contributed by atoms with Crippen LogP contribution in [-0.2, 0) is 4.79 Å². The maximum Gasteiger partial charge on any atom is 0.129 e. The van der Waals surface area contributed by atoms with Crippen LogP contribution in [0.15, 0.2) is 0 Å². The number of aliphatic hydroxyl groups excluding tert-OH is 2. The van der Waals surface area contributed by atoms with Gasteiger partial charge in [0.1, 0.15) is 5.78 Å². The molecule has 4 rings (SSSR count). The Labute approximate surface area is 178 Å². The van der Waals surface area contributed by atoms with Crippen molar-refractivity contribution in [2.45, 2.75) is 111 Å². The average molecular weight is 405 g/mol. The van der Waals surface area contributed by atoms with E-state index in [0.29, 0.717) is 35.9 Å². The van der Waals surface area contributed by atoms with Gasteiger partial charge in [-0.25, -0.2) is 0 Å². The number of hydrogen-bond acceptors (Lipinski definition) is 3. The topological polar surface area (TPSA) is 57.5 Å². The number of Topliss-reactive ketones (excluding diaryl/α,β-unsaturated/α-hetero) is 1. The molecule has 0 saturated heterocycles. The second kappa shape index (κ2) is 7.33. The smallest absolute Gasteiger partial charge is 0.129 e. The van der Waals surface area contributed by atoms with Gasteiger partial charge in [0.05, 0.1) is 12.2 Å². The SMILES string of the molecule is CC(=O)CCC(C)[C@H]1CCC2C3CC[C@]4(C)C[C@H](O)CC[C@]4(C)C3C[C@H](O)[C@@]21C. The van der Waals surface area contributed by atoms with Crippen molar-refractivity contribution in [3.05, 3.63) is 0 Å². The molecule has 4 aliphatic carbocycles. The van der Waals surface area contributed by atoms with E-state index in [-0.39, 0.29) is 28.5 Å². The molecule has 29 heavy (non-hydrogen) atoms. The Morgan fingerprint density at radius 1 is 1.03 bits per heavy atom. The molecule has 0 amide bonds. The summed E-state index contributed by atoms with van der Waals surface area (Å²) in [5, 5.41) is 22.0. The highest BCUT2D eigenvalue weighted by Gasteiger charge is 2.66. The number of carbonyl (C=O) groups excluding carboxylic acids is 1. The number of rotatable bonds is 4. The second-order valence-corrected chi connectivity index (χ2v) is 12.3. The van der Waals surface area contributed by atoms with Crippen LogP contribution in [0.3, 0.4) is 0 Å². The van der Waals surface area contributed by atoms with E-state index < -0.39 is 0 Å². The summed E-state index contributed by atoms with van der Waals surface area (Å²) < 4.78 is 0. The first kappa shape index (κ1) is 21.8. The van der Waals surface area contributed by atoms with E-state index in [9.17, 15) is 15.0 Å². The van der Waals surface area contributed by atoms with Crippen molar-refractivity contribution in [1.29, 1.82) is 0 Å². The maximum atomic E-state index is 11.6. The molecule has 3 heteroatoms. The first-order chi connectivity index (χ1) is 13.5. The predicted octanol–water partition coefficient (Wildman–Crippen LogP) is 5.37. The number of carbonyl (C=O) groups is 1. The lowest BCUT2D eigenvalue weighted by Crippen LogP contribution is -2.61. The van der Waals surface area contributed by atoms with Gasteiger partial charge in [-0.05, 0) is 111 Å². The number of aliphatic hydroxyl groups is 2. The maximum absolute atomic E-state index is 11.6. The van der Waals surface area contributed by atoms with Gasteiger partial charge in [-0.1, -0.05) is 27.7 Å². The van der Waals surface area contributed by atoms with E-state index in [1.807, 2.05) is 0 Å². The molecule has 3 nitrogen and oxygen atoms in total. The molecule has 0 spiro atoms. The van der Waals surface area contributed by atoms with Gasteiger partial charge < -0.3 is 15.0 Å². The highest BCUT2D eigenvalue weighted by Crippen LogP contribution is 2.71. The summed E-state index contributed by atoms with van der Waals surface area (Å²) in [6.45, 7) is 11.3. The Hall–Kier alpha value is -0.410. The minimum absolute atomic E-state index is 0.00958. The van der Waals surface area contributed by atoms with Crippen LogP contribution in [0, 0.1) is 45.8 Å². The monoisotopic (exact) mass is 404 g/mol. The fourth-order valence-corrected chi connectivity index (χ4v) is 9.17. The van der Waals surface area contributed by atoms with E-state index in [1.165, 1.54) is 25.7 Å². The molecule has 0 aromatic heterocycles. The third-order valence-corrected chi connectivity index (χ3v) is 11.2. The summed E-state index contributed by atoms with van der Waals surface area (Å²) in [5.41, 5.74) is 0.470. The van der Waals surface area contributed by atoms with Crippen molar-refractivity contribution >= 4 is 5.78 Å². The van der Waals surface area contributed by atoms with Gasteiger partial charge in [-0.3, -0.25) is 0 Å². The van der Waals surface area contributed by atoms with Crippen LogP contribution in [0.25, 0.3) is 0 Å². The zero-order valence-corrected chi connectivity index (χ0v) is 19.4. The number of ketones is 1. The van der Waals surface area contributed by atoms with Crippen molar-refractivity contribution < 1.29 is 15.0 Å². The van der Waals surface area contributed by atoms with Gasteiger partial charge in [-0.15, -0.1) is 0 Å². The highest BCUT2D eigenvalue weighted by atomic mass is 16.3. The number of hydrogen-bond donors (Lipinski definition) is 2. The zero-order chi connectivity index (χ0) is 21.2. The molecule has 166 valence electrons. The fourth-order valence-electron chi connectivity index (χ4n) is 9.17. The lowest BCUT2D eigenvalue weighted by Gasteiger charge is -2.66. The molecule has 0 bridgehead atoms. The van der Waals surface area contributed by atoms with Crippen LogP contribution >= 0.6 is 0 Å². The second-order valence-electron chi connectivity index (χ2n) is 12.3. The molecule has 0 aromatic rings. The molecule has 0 heterocycles. The minimum Gasteiger partial charge on any atom is -0.393 e. The molecular weight excluding hydrogens is 360 g/mol. The molecule has 0 radical (unpaired) electrons. The first-order valence-corrected chi connectivity index (χ1v) is 12.4. The Morgan fingerprint density at radius 3 is 2.45 bits per heavy atom. The summed E-state index contributed by atoms with van der Waals surface area (Å²) in [4.78, 5) is 11.5. The molecule has 2 N–H and O–H groups in total. The molecule has 4 unspecified atom stereocenters. The number of fused-ring (bicyclic) bond motifs is 5. The van der Waals surface area contributed by atoms with Crippen LogP contribution in [0.1, 0.15) is 98.8 Å². The molecule has 4 fully saturated rings. The van der Waals surface area contributed by atoms with Gasteiger partial charge in [0, 0.05) is 6.42 Å². The fraction of sp³-hybridized carbons (Fsp3) is 0.962. The van der Waals surface area contributed by atoms with E-state index in [0.717, 1.165) is 38.0 Å². The Kier molecular flexibility index (Phi) is 5.51.